The molecule has 0 aliphatic heterocycles. The van der Waals surface area contributed by atoms with Crippen molar-refractivity contribution < 1.29 is 14.6 Å². The fraction of sp³-hybridized carbons (Fsp3) is 0.800. The smallest absolute Gasteiger partial charge is 0.335 e. The Bertz CT molecular complexity index is 236. The van der Waals surface area contributed by atoms with Crippen LogP contribution in [-0.4, -0.2) is 17.4 Å². The van der Waals surface area contributed by atoms with Crippen LogP contribution in [0.2, 0.25) is 0 Å². The molecule has 3 nitrogen and oxygen atoms in total. The lowest BCUT2D eigenvalue weighted by atomic mass is 10.1. The summed E-state index contributed by atoms with van der Waals surface area (Å²) in [5, 5.41) is 9.46. The van der Waals surface area contributed by atoms with Crippen molar-refractivity contribution in [2.45, 2.75) is 77.9 Å². The van der Waals surface area contributed by atoms with Crippen molar-refractivity contribution in [3.05, 3.63) is 12.2 Å². The van der Waals surface area contributed by atoms with E-state index in [1.54, 1.807) is 6.92 Å². The summed E-state index contributed by atoms with van der Waals surface area (Å²) in [5.74, 6) is -0.512. The molecule has 0 aliphatic carbocycles. The van der Waals surface area contributed by atoms with Crippen LogP contribution in [0.5, 0.6) is 0 Å². The number of rotatable bonds is 11. The third kappa shape index (κ3) is 10.3. The summed E-state index contributed by atoms with van der Waals surface area (Å²) in [6.07, 6.45) is 9.24. The first kappa shape index (κ1) is 17.2. The Labute approximate surface area is 111 Å². The highest BCUT2D eigenvalue weighted by Crippen LogP contribution is 2.11. The third-order valence-electron chi connectivity index (χ3n) is 2.90. The van der Waals surface area contributed by atoms with Gasteiger partial charge in [0.15, 0.2) is 0 Å². The number of carbonyl (C=O) groups is 1. The molecule has 1 atom stereocenters. The minimum atomic E-state index is -0.978. The molecule has 0 radical (unpaired) electrons. The van der Waals surface area contributed by atoms with E-state index in [2.05, 4.69) is 13.5 Å². The number of aliphatic hydroxyl groups is 1. The van der Waals surface area contributed by atoms with Crippen LogP contribution in [0.4, 0.5) is 0 Å². The van der Waals surface area contributed by atoms with E-state index in [1.165, 1.54) is 38.5 Å². The molecule has 0 aliphatic rings. The average Bonchev–Trinajstić information content (AvgIpc) is 2.32. The van der Waals surface area contributed by atoms with Gasteiger partial charge < -0.3 is 9.84 Å². The Morgan fingerprint density at radius 3 is 2.11 bits per heavy atom. The first-order valence-electron chi connectivity index (χ1n) is 7.12. The van der Waals surface area contributed by atoms with Gasteiger partial charge in [-0.1, -0.05) is 58.4 Å². The quantitative estimate of drug-likeness (QED) is 0.263. The molecule has 0 aromatic rings. The zero-order valence-electron chi connectivity index (χ0n) is 11.9. The molecule has 106 valence electrons. The zero-order valence-corrected chi connectivity index (χ0v) is 11.9. The Balaban J connectivity index is 3.32. The fourth-order valence-electron chi connectivity index (χ4n) is 1.74. The maximum Gasteiger partial charge on any atom is 0.335 e. The first-order chi connectivity index (χ1) is 8.57. The van der Waals surface area contributed by atoms with Gasteiger partial charge in [-0.3, -0.25) is 0 Å². The number of unbranched alkanes of at least 4 members (excludes halogenated alkanes) is 7. The van der Waals surface area contributed by atoms with Crippen LogP contribution in [0.15, 0.2) is 12.2 Å². The molecule has 1 N–H and O–H groups in total. The molecule has 0 fully saturated rings. The number of aliphatic hydroxyl groups excluding tert-OH is 1. The van der Waals surface area contributed by atoms with Gasteiger partial charge in [0.25, 0.3) is 0 Å². The molecular formula is C15H28O3. The highest BCUT2D eigenvalue weighted by molar-refractivity contribution is 5.86. The largest absolute Gasteiger partial charge is 0.433 e. The lowest BCUT2D eigenvalue weighted by Crippen LogP contribution is -2.17. The van der Waals surface area contributed by atoms with Crippen LogP contribution in [0.3, 0.4) is 0 Å². The van der Waals surface area contributed by atoms with Gasteiger partial charge in [0.05, 0.1) is 0 Å². The van der Waals surface area contributed by atoms with Gasteiger partial charge in [-0.2, -0.15) is 0 Å². The van der Waals surface area contributed by atoms with Crippen molar-refractivity contribution in [1.29, 1.82) is 0 Å². The van der Waals surface area contributed by atoms with Crippen molar-refractivity contribution in [2.75, 3.05) is 0 Å². The zero-order chi connectivity index (χ0) is 13.8. The van der Waals surface area contributed by atoms with Crippen LogP contribution in [-0.2, 0) is 9.53 Å². The van der Waals surface area contributed by atoms with Gasteiger partial charge >= 0.3 is 5.97 Å². The van der Waals surface area contributed by atoms with E-state index in [0.29, 0.717) is 12.0 Å². The van der Waals surface area contributed by atoms with Crippen LogP contribution < -0.4 is 0 Å². The lowest BCUT2D eigenvalue weighted by molar-refractivity contribution is -0.163. The number of carbonyl (C=O) groups excluding carboxylic acids is 1. The van der Waals surface area contributed by atoms with Gasteiger partial charge in [0, 0.05) is 12.0 Å². The van der Waals surface area contributed by atoms with Gasteiger partial charge in [0.1, 0.15) is 0 Å². The lowest BCUT2D eigenvalue weighted by Gasteiger charge is -2.11. The van der Waals surface area contributed by atoms with Crippen LogP contribution in [0, 0.1) is 0 Å². The topological polar surface area (TPSA) is 46.5 Å². The SMILES string of the molecule is C=C(C)C(=O)OC(O)CCCCCCCCCC. The predicted octanol–water partition coefficient (Wildman–Crippen LogP) is 3.95. The van der Waals surface area contributed by atoms with Crippen molar-refractivity contribution >= 4 is 5.97 Å². The van der Waals surface area contributed by atoms with Crippen LogP contribution in [0.1, 0.15) is 71.6 Å². The number of esters is 1. The molecule has 0 rings (SSSR count). The summed E-state index contributed by atoms with van der Waals surface area (Å²) in [5.41, 5.74) is 0.324. The molecule has 0 saturated carbocycles. The minimum Gasteiger partial charge on any atom is -0.433 e. The van der Waals surface area contributed by atoms with E-state index < -0.39 is 12.3 Å². The van der Waals surface area contributed by atoms with E-state index in [-0.39, 0.29) is 0 Å². The Hall–Kier alpha value is -0.830. The van der Waals surface area contributed by atoms with Crippen molar-refractivity contribution in [3.63, 3.8) is 0 Å². The van der Waals surface area contributed by atoms with Gasteiger partial charge in [0.2, 0.25) is 6.29 Å². The van der Waals surface area contributed by atoms with Gasteiger partial charge in [-0.25, -0.2) is 4.79 Å². The molecule has 1 unspecified atom stereocenters. The number of hydrogen-bond donors (Lipinski definition) is 1. The van der Waals surface area contributed by atoms with E-state index >= 15 is 0 Å². The monoisotopic (exact) mass is 256 g/mol. The molecular weight excluding hydrogens is 228 g/mol. The Morgan fingerprint density at radius 1 is 1.11 bits per heavy atom. The summed E-state index contributed by atoms with van der Waals surface area (Å²) < 4.78 is 4.79. The third-order valence-corrected chi connectivity index (χ3v) is 2.90. The molecule has 0 bridgehead atoms. The van der Waals surface area contributed by atoms with Crippen LogP contribution >= 0.6 is 0 Å². The molecule has 0 saturated heterocycles. The van der Waals surface area contributed by atoms with E-state index in [0.717, 1.165) is 12.8 Å². The fourth-order valence-corrected chi connectivity index (χ4v) is 1.74. The summed E-state index contributed by atoms with van der Waals surface area (Å²) in [7, 11) is 0. The number of ether oxygens (including phenoxy) is 1. The highest BCUT2D eigenvalue weighted by atomic mass is 16.6. The maximum atomic E-state index is 11.1. The molecule has 0 heterocycles. The maximum absolute atomic E-state index is 11.1. The molecule has 3 heteroatoms. The molecule has 0 aromatic carbocycles. The van der Waals surface area contributed by atoms with Crippen LogP contribution in [0.25, 0.3) is 0 Å². The second-order valence-corrected chi connectivity index (χ2v) is 4.90. The normalized spacial score (nSPS) is 12.2. The Kier molecular flexibility index (Phi) is 10.8. The van der Waals surface area contributed by atoms with Crippen molar-refractivity contribution in [3.8, 4) is 0 Å². The van der Waals surface area contributed by atoms with Gasteiger partial charge in [-0.15, -0.1) is 0 Å². The summed E-state index contributed by atoms with van der Waals surface area (Å²) in [4.78, 5) is 11.1. The minimum absolute atomic E-state index is 0.324. The van der Waals surface area contributed by atoms with E-state index in [9.17, 15) is 9.90 Å². The molecule has 18 heavy (non-hydrogen) atoms. The molecule has 0 aromatic heterocycles. The Morgan fingerprint density at radius 2 is 1.61 bits per heavy atom. The first-order valence-corrected chi connectivity index (χ1v) is 7.12. The summed E-state index contributed by atoms with van der Waals surface area (Å²) in [6, 6.07) is 0. The number of hydrogen-bond acceptors (Lipinski definition) is 3. The summed E-state index contributed by atoms with van der Waals surface area (Å²) >= 11 is 0. The predicted molar refractivity (Wildman–Crippen MR) is 74.1 cm³/mol. The van der Waals surface area contributed by atoms with E-state index in [1.807, 2.05) is 0 Å². The van der Waals surface area contributed by atoms with Crippen molar-refractivity contribution in [1.82, 2.24) is 0 Å². The summed E-state index contributed by atoms with van der Waals surface area (Å²) in [6.45, 7) is 7.26. The second kappa shape index (κ2) is 11.3. The molecule has 0 spiro atoms. The molecule has 0 amide bonds. The second-order valence-electron chi connectivity index (χ2n) is 4.90. The average molecular weight is 256 g/mol. The van der Waals surface area contributed by atoms with Crippen molar-refractivity contribution in [2.24, 2.45) is 0 Å². The highest BCUT2D eigenvalue weighted by Gasteiger charge is 2.10. The van der Waals surface area contributed by atoms with E-state index in [4.69, 9.17) is 4.74 Å². The van der Waals surface area contributed by atoms with Gasteiger partial charge in [-0.05, 0) is 13.3 Å². The standard InChI is InChI=1S/C15H28O3/c1-4-5-6-7-8-9-10-11-12-14(16)18-15(17)13(2)3/h14,16H,2,4-12H2,1,3H3.